The number of hydrogen-bond donors (Lipinski definition) is 1. The average molecular weight is 424 g/mol. The summed E-state index contributed by atoms with van der Waals surface area (Å²) in [7, 11) is 1.35. The Morgan fingerprint density at radius 3 is 2.60 bits per heavy atom. The van der Waals surface area contributed by atoms with E-state index in [4.69, 9.17) is 4.74 Å². The molecule has 6 nitrogen and oxygen atoms in total. The first-order chi connectivity index (χ1) is 14.4. The number of carbonyl (C=O) groups excluding carboxylic acids is 2. The number of carbonyl (C=O) groups is 2. The van der Waals surface area contributed by atoms with Crippen LogP contribution in [0.5, 0.6) is 0 Å². The molecular weight excluding hydrogens is 398 g/mol. The smallest absolute Gasteiger partial charge is 0.337 e. The second-order valence-corrected chi connectivity index (χ2v) is 8.34. The Morgan fingerprint density at radius 1 is 1.17 bits per heavy atom. The molecule has 0 fully saturated rings. The van der Waals surface area contributed by atoms with Crippen molar-refractivity contribution in [2.45, 2.75) is 37.7 Å². The fourth-order valence-electron chi connectivity index (χ4n) is 2.96. The molecule has 156 valence electrons. The second kappa shape index (κ2) is 9.63. The van der Waals surface area contributed by atoms with Gasteiger partial charge in [0.15, 0.2) is 5.16 Å². The van der Waals surface area contributed by atoms with E-state index < -0.39 is 0 Å². The van der Waals surface area contributed by atoms with Gasteiger partial charge in [0.25, 0.3) is 0 Å². The molecule has 0 spiro atoms. The Kier molecular flexibility index (Phi) is 6.95. The third-order valence-corrected chi connectivity index (χ3v) is 5.80. The molecule has 0 saturated carbocycles. The summed E-state index contributed by atoms with van der Waals surface area (Å²) in [4.78, 5) is 28.5. The molecule has 7 heteroatoms. The summed E-state index contributed by atoms with van der Waals surface area (Å²) < 4.78 is 6.71. The molecule has 1 N–H and O–H groups in total. The third-order valence-electron chi connectivity index (χ3n) is 4.72. The van der Waals surface area contributed by atoms with Crippen molar-refractivity contribution in [3.8, 4) is 5.69 Å². The molecule has 1 unspecified atom stereocenters. The van der Waals surface area contributed by atoms with Crippen molar-refractivity contribution in [3.63, 3.8) is 0 Å². The van der Waals surface area contributed by atoms with Gasteiger partial charge in [0.05, 0.1) is 23.6 Å². The number of thioether (sulfide) groups is 1. The van der Waals surface area contributed by atoms with Crippen molar-refractivity contribution in [3.05, 3.63) is 77.1 Å². The van der Waals surface area contributed by atoms with E-state index in [1.54, 1.807) is 30.5 Å². The zero-order chi connectivity index (χ0) is 21.7. The summed E-state index contributed by atoms with van der Waals surface area (Å²) >= 11 is 1.42. The lowest BCUT2D eigenvalue weighted by molar-refractivity contribution is -0.120. The van der Waals surface area contributed by atoms with Crippen LogP contribution >= 0.6 is 11.8 Å². The zero-order valence-corrected chi connectivity index (χ0v) is 18.3. The monoisotopic (exact) mass is 423 g/mol. The molecule has 3 rings (SSSR count). The number of ether oxygens (including phenoxy) is 1. The highest BCUT2D eigenvalue weighted by Gasteiger charge is 2.18. The Labute approximate surface area is 180 Å². The number of benzene rings is 2. The van der Waals surface area contributed by atoms with E-state index in [-0.39, 0.29) is 17.1 Å². The van der Waals surface area contributed by atoms with Crippen LogP contribution in [0, 0.1) is 13.8 Å². The maximum atomic E-state index is 12.6. The molecule has 1 aromatic heterocycles. The van der Waals surface area contributed by atoms with Gasteiger partial charge in [0, 0.05) is 18.9 Å². The van der Waals surface area contributed by atoms with Crippen LogP contribution in [0.1, 0.15) is 34.0 Å². The fourth-order valence-corrected chi connectivity index (χ4v) is 3.86. The fraction of sp³-hybridized carbons (Fsp3) is 0.261. The number of nitrogens with zero attached hydrogens (tertiary/aromatic N) is 2. The number of amides is 1. The molecule has 0 aliphatic heterocycles. The van der Waals surface area contributed by atoms with Crippen LogP contribution in [0.4, 0.5) is 0 Å². The maximum absolute atomic E-state index is 12.6. The molecule has 3 aromatic rings. The first-order valence-electron chi connectivity index (χ1n) is 9.61. The number of hydrogen-bond acceptors (Lipinski definition) is 5. The lowest BCUT2D eigenvalue weighted by Gasteiger charge is -2.15. The standard InChI is InChI=1S/C23H25N3O3S/c1-15-5-6-16(2)20(13-15)26-12-11-24-23(26)30-17(3)21(27)25-14-18-7-9-19(10-8-18)22(28)29-4/h5-13,17H,14H2,1-4H3,(H,25,27). The molecule has 0 radical (unpaired) electrons. The largest absolute Gasteiger partial charge is 0.465 e. The van der Waals surface area contributed by atoms with Crippen molar-refractivity contribution in [2.75, 3.05) is 7.11 Å². The molecule has 0 saturated heterocycles. The van der Waals surface area contributed by atoms with Crippen LogP contribution in [0.2, 0.25) is 0 Å². The van der Waals surface area contributed by atoms with Crippen LogP contribution in [-0.4, -0.2) is 33.8 Å². The Balaban J connectivity index is 1.62. The number of rotatable bonds is 7. The molecule has 30 heavy (non-hydrogen) atoms. The van der Waals surface area contributed by atoms with Gasteiger partial charge in [-0.2, -0.15) is 0 Å². The molecule has 0 aliphatic carbocycles. The SMILES string of the molecule is COC(=O)c1ccc(CNC(=O)C(C)Sc2nccn2-c2cc(C)ccc2C)cc1. The van der Waals surface area contributed by atoms with Gasteiger partial charge in [-0.25, -0.2) is 9.78 Å². The minimum absolute atomic E-state index is 0.0763. The normalized spacial score (nSPS) is 11.7. The number of imidazole rings is 1. The highest BCUT2D eigenvalue weighted by Crippen LogP contribution is 2.26. The molecule has 2 aromatic carbocycles. The first kappa shape index (κ1) is 21.6. The second-order valence-electron chi connectivity index (χ2n) is 7.04. The van der Waals surface area contributed by atoms with Gasteiger partial charge in [-0.15, -0.1) is 0 Å². The molecule has 0 bridgehead atoms. The summed E-state index contributed by atoms with van der Waals surface area (Å²) in [6, 6.07) is 13.3. The molecule has 1 atom stereocenters. The van der Waals surface area contributed by atoms with E-state index in [2.05, 4.69) is 42.3 Å². The van der Waals surface area contributed by atoms with Crippen molar-refractivity contribution < 1.29 is 14.3 Å². The van der Waals surface area contributed by atoms with Gasteiger partial charge < -0.3 is 10.1 Å². The van der Waals surface area contributed by atoms with E-state index in [1.807, 2.05) is 17.7 Å². The van der Waals surface area contributed by atoms with Crippen molar-refractivity contribution >= 4 is 23.6 Å². The van der Waals surface area contributed by atoms with E-state index in [0.29, 0.717) is 12.1 Å². The Morgan fingerprint density at radius 2 is 1.90 bits per heavy atom. The van der Waals surface area contributed by atoms with E-state index >= 15 is 0 Å². The molecular formula is C23H25N3O3S. The maximum Gasteiger partial charge on any atom is 0.337 e. The number of aromatic nitrogens is 2. The van der Waals surface area contributed by atoms with Gasteiger partial charge in [-0.05, 0) is 55.7 Å². The van der Waals surface area contributed by atoms with E-state index in [9.17, 15) is 9.59 Å². The average Bonchev–Trinajstić information content (AvgIpc) is 3.21. The van der Waals surface area contributed by atoms with Crippen LogP contribution in [0.15, 0.2) is 60.0 Å². The Bertz CT molecular complexity index is 1040. The third kappa shape index (κ3) is 5.10. The predicted molar refractivity (Wildman–Crippen MR) is 118 cm³/mol. The minimum atomic E-state index is -0.380. The topological polar surface area (TPSA) is 73.2 Å². The summed E-state index contributed by atoms with van der Waals surface area (Å²) in [5, 5.41) is 3.40. The molecule has 1 heterocycles. The lowest BCUT2D eigenvalue weighted by Crippen LogP contribution is -2.30. The Hall–Kier alpha value is -3.06. The summed E-state index contributed by atoms with van der Waals surface area (Å²) in [6.45, 7) is 6.37. The number of aryl methyl sites for hydroxylation is 2. The summed E-state index contributed by atoms with van der Waals surface area (Å²) in [6.07, 6.45) is 3.66. The van der Waals surface area contributed by atoms with Crippen LogP contribution in [0.25, 0.3) is 5.69 Å². The van der Waals surface area contributed by atoms with Crippen LogP contribution in [0.3, 0.4) is 0 Å². The summed E-state index contributed by atoms with van der Waals surface area (Å²) in [5.41, 5.74) is 4.77. The van der Waals surface area contributed by atoms with Gasteiger partial charge in [-0.1, -0.05) is 36.0 Å². The molecule has 0 aliphatic rings. The highest BCUT2D eigenvalue weighted by molar-refractivity contribution is 8.00. The van der Waals surface area contributed by atoms with Gasteiger partial charge >= 0.3 is 5.97 Å². The first-order valence-corrected chi connectivity index (χ1v) is 10.5. The van der Waals surface area contributed by atoms with E-state index in [1.165, 1.54) is 24.4 Å². The van der Waals surface area contributed by atoms with Crippen molar-refractivity contribution in [1.82, 2.24) is 14.9 Å². The van der Waals surface area contributed by atoms with Crippen LogP contribution < -0.4 is 5.32 Å². The quantitative estimate of drug-likeness (QED) is 0.458. The lowest BCUT2D eigenvalue weighted by atomic mass is 10.1. The number of esters is 1. The minimum Gasteiger partial charge on any atom is -0.465 e. The van der Waals surface area contributed by atoms with E-state index in [0.717, 1.165) is 22.0 Å². The molecule has 1 amide bonds. The number of methoxy groups -OCH3 is 1. The van der Waals surface area contributed by atoms with Gasteiger partial charge in [0.1, 0.15) is 0 Å². The summed E-state index contributed by atoms with van der Waals surface area (Å²) in [5.74, 6) is -0.456. The predicted octanol–water partition coefficient (Wildman–Crippen LogP) is 4.07. The van der Waals surface area contributed by atoms with Gasteiger partial charge in [0.2, 0.25) is 5.91 Å². The number of nitrogens with one attached hydrogen (secondary N) is 1. The van der Waals surface area contributed by atoms with Crippen molar-refractivity contribution in [1.29, 1.82) is 0 Å². The zero-order valence-electron chi connectivity index (χ0n) is 17.5. The highest BCUT2D eigenvalue weighted by atomic mass is 32.2. The van der Waals surface area contributed by atoms with Crippen LogP contribution in [-0.2, 0) is 16.1 Å². The van der Waals surface area contributed by atoms with Crippen molar-refractivity contribution in [2.24, 2.45) is 0 Å². The van der Waals surface area contributed by atoms with Gasteiger partial charge in [-0.3, -0.25) is 9.36 Å².